The van der Waals surface area contributed by atoms with E-state index in [1.54, 1.807) is 11.9 Å². The second kappa shape index (κ2) is 6.75. The van der Waals surface area contributed by atoms with Crippen LogP contribution in [0.15, 0.2) is 0 Å². The molecule has 2 N–H and O–H groups in total. The molecule has 1 aliphatic rings. The van der Waals surface area contributed by atoms with Crippen LogP contribution in [0.5, 0.6) is 0 Å². The van der Waals surface area contributed by atoms with Crippen molar-refractivity contribution in [1.82, 2.24) is 9.80 Å². The quantitative estimate of drug-likeness (QED) is 0.782. The van der Waals surface area contributed by atoms with Crippen molar-refractivity contribution in [2.24, 2.45) is 5.41 Å². The lowest BCUT2D eigenvalue weighted by Crippen LogP contribution is -2.53. The molecule has 1 heterocycles. The number of piperidine rings is 1. The number of carboxylic acids is 1. The van der Waals surface area contributed by atoms with Gasteiger partial charge >= 0.3 is 12.0 Å². The van der Waals surface area contributed by atoms with E-state index in [9.17, 15) is 14.7 Å². The van der Waals surface area contributed by atoms with Gasteiger partial charge in [-0.15, -0.1) is 0 Å². The monoisotopic (exact) mass is 272 g/mol. The van der Waals surface area contributed by atoms with Crippen molar-refractivity contribution >= 4 is 12.0 Å². The van der Waals surface area contributed by atoms with Gasteiger partial charge in [-0.25, -0.2) is 4.79 Å². The summed E-state index contributed by atoms with van der Waals surface area (Å²) in [7, 11) is 1.62. The number of nitrogens with zero attached hydrogens (tertiary/aromatic N) is 2. The highest BCUT2D eigenvalue weighted by Crippen LogP contribution is 2.35. The number of rotatable bonds is 5. The molecule has 19 heavy (non-hydrogen) atoms. The molecule has 0 aromatic rings. The predicted molar refractivity (Wildman–Crippen MR) is 70.9 cm³/mol. The third-order valence-corrected chi connectivity index (χ3v) is 3.79. The third-order valence-electron chi connectivity index (χ3n) is 3.79. The fourth-order valence-electron chi connectivity index (χ4n) is 2.75. The number of amides is 2. The molecule has 0 spiro atoms. The topological polar surface area (TPSA) is 81.1 Å². The number of likely N-dealkylation sites (N-methyl/N-ethyl adjacent to an activating group) is 1. The largest absolute Gasteiger partial charge is 0.481 e. The summed E-state index contributed by atoms with van der Waals surface area (Å²) in [6.45, 7) is 3.00. The fourth-order valence-corrected chi connectivity index (χ4v) is 2.75. The molecule has 0 radical (unpaired) electrons. The van der Waals surface area contributed by atoms with E-state index in [4.69, 9.17) is 5.11 Å². The Morgan fingerprint density at radius 2 is 2.11 bits per heavy atom. The second-order valence-electron chi connectivity index (χ2n) is 5.29. The van der Waals surface area contributed by atoms with Gasteiger partial charge in [0.15, 0.2) is 0 Å². The Morgan fingerprint density at radius 3 is 2.63 bits per heavy atom. The lowest BCUT2D eigenvalue weighted by atomic mass is 9.76. The van der Waals surface area contributed by atoms with Crippen LogP contribution in [0.2, 0.25) is 0 Å². The number of hydrogen-bond acceptors (Lipinski definition) is 3. The van der Waals surface area contributed by atoms with E-state index in [1.165, 1.54) is 4.90 Å². The molecule has 0 aromatic carbocycles. The number of urea groups is 1. The van der Waals surface area contributed by atoms with Crippen molar-refractivity contribution in [3.8, 4) is 0 Å². The third kappa shape index (κ3) is 3.59. The summed E-state index contributed by atoms with van der Waals surface area (Å²) in [5, 5.41) is 18.3. The summed E-state index contributed by atoms with van der Waals surface area (Å²) in [5.74, 6) is -0.809. The first-order valence-corrected chi connectivity index (χ1v) is 6.81. The van der Waals surface area contributed by atoms with Crippen molar-refractivity contribution in [1.29, 1.82) is 0 Å². The number of likely N-dealkylation sites (tertiary alicyclic amines) is 1. The standard InChI is InChI=1S/C13H24N2O4/c1-3-5-13(11(17)18)6-4-7-15(10-13)12(19)14(2)8-9-16/h16H,3-10H2,1-2H3,(H,17,18). The highest BCUT2D eigenvalue weighted by molar-refractivity contribution is 5.78. The Labute approximate surface area is 114 Å². The van der Waals surface area contributed by atoms with E-state index in [0.29, 0.717) is 25.8 Å². The minimum absolute atomic E-state index is 0.0882. The zero-order chi connectivity index (χ0) is 14.5. The molecule has 1 fully saturated rings. The Bertz CT molecular complexity index is 331. The second-order valence-corrected chi connectivity index (χ2v) is 5.29. The van der Waals surface area contributed by atoms with Gasteiger partial charge in [0.25, 0.3) is 0 Å². The van der Waals surface area contributed by atoms with E-state index in [-0.39, 0.29) is 25.7 Å². The summed E-state index contributed by atoms with van der Waals surface area (Å²) >= 11 is 0. The maximum atomic E-state index is 12.2. The minimum atomic E-state index is -0.809. The molecular formula is C13H24N2O4. The Morgan fingerprint density at radius 1 is 1.42 bits per heavy atom. The van der Waals surface area contributed by atoms with Crippen molar-refractivity contribution in [3.05, 3.63) is 0 Å². The van der Waals surface area contributed by atoms with Crippen LogP contribution in [-0.2, 0) is 4.79 Å². The number of hydrogen-bond donors (Lipinski definition) is 2. The van der Waals surface area contributed by atoms with Crippen LogP contribution < -0.4 is 0 Å². The van der Waals surface area contributed by atoms with Gasteiger partial charge in [0, 0.05) is 26.7 Å². The zero-order valence-electron chi connectivity index (χ0n) is 11.8. The summed E-state index contributed by atoms with van der Waals surface area (Å²) in [5.41, 5.74) is -0.803. The maximum absolute atomic E-state index is 12.2. The van der Waals surface area contributed by atoms with E-state index >= 15 is 0 Å². The molecule has 2 amide bonds. The molecule has 0 bridgehead atoms. The average Bonchev–Trinajstić information content (AvgIpc) is 2.38. The molecule has 1 aliphatic heterocycles. The molecule has 1 saturated heterocycles. The molecule has 1 rings (SSSR count). The lowest BCUT2D eigenvalue weighted by Gasteiger charge is -2.41. The van der Waals surface area contributed by atoms with Crippen LogP contribution in [-0.4, -0.2) is 65.3 Å². The van der Waals surface area contributed by atoms with Crippen LogP contribution in [0, 0.1) is 5.41 Å². The van der Waals surface area contributed by atoms with Gasteiger partial charge in [-0.2, -0.15) is 0 Å². The Kier molecular flexibility index (Phi) is 5.60. The molecule has 6 heteroatoms. The Balaban J connectivity index is 2.77. The molecule has 6 nitrogen and oxygen atoms in total. The van der Waals surface area contributed by atoms with Gasteiger partial charge in [-0.05, 0) is 19.3 Å². The van der Waals surface area contributed by atoms with E-state index in [0.717, 1.165) is 6.42 Å². The average molecular weight is 272 g/mol. The first kappa shape index (κ1) is 15.8. The molecular weight excluding hydrogens is 248 g/mol. The molecule has 0 aliphatic carbocycles. The van der Waals surface area contributed by atoms with Gasteiger partial charge in [-0.1, -0.05) is 13.3 Å². The number of carboxylic acid groups (broad SMARTS) is 1. The number of carbonyl (C=O) groups excluding carboxylic acids is 1. The van der Waals surface area contributed by atoms with E-state index < -0.39 is 11.4 Å². The fraction of sp³-hybridized carbons (Fsp3) is 0.846. The SMILES string of the molecule is CCCC1(C(=O)O)CCCN(C(=O)N(C)CCO)C1. The van der Waals surface area contributed by atoms with E-state index in [2.05, 4.69) is 0 Å². The first-order chi connectivity index (χ1) is 8.96. The maximum Gasteiger partial charge on any atom is 0.319 e. The van der Waals surface area contributed by atoms with Crippen LogP contribution in [0.25, 0.3) is 0 Å². The van der Waals surface area contributed by atoms with Crippen molar-refractivity contribution in [2.75, 3.05) is 33.3 Å². The summed E-state index contributed by atoms with van der Waals surface area (Å²) in [4.78, 5) is 26.7. The number of aliphatic hydroxyl groups excluding tert-OH is 1. The van der Waals surface area contributed by atoms with Gasteiger partial charge in [0.05, 0.1) is 12.0 Å². The molecule has 1 unspecified atom stereocenters. The number of carbonyl (C=O) groups is 2. The number of aliphatic hydroxyl groups is 1. The highest BCUT2D eigenvalue weighted by Gasteiger charge is 2.43. The number of aliphatic carboxylic acids is 1. The molecule has 110 valence electrons. The van der Waals surface area contributed by atoms with Gasteiger partial charge in [0.2, 0.25) is 0 Å². The summed E-state index contributed by atoms with van der Waals surface area (Å²) in [6, 6.07) is -0.199. The van der Waals surface area contributed by atoms with Crippen molar-refractivity contribution < 1.29 is 19.8 Å². The van der Waals surface area contributed by atoms with Crippen molar-refractivity contribution in [2.45, 2.75) is 32.6 Å². The highest BCUT2D eigenvalue weighted by atomic mass is 16.4. The molecule has 1 atom stereocenters. The minimum Gasteiger partial charge on any atom is -0.481 e. The van der Waals surface area contributed by atoms with Crippen molar-refractivity contribution in [3.63, 3.8) is 0 Å². The summed E-state index contributed by atoms with van der Waals surface area (Å²) in [6.07, 6.45) is 2.73. The molecule has 0 aromatic heterocycles. The van der Waals surface area contributed by atoms with Crippen LogP contribution in [0.1, 0.15) is 32.6 Å². The van der Waals surface area contributed by atoms with Crippen LogP contribution in [0.3, 0.4) is 0 Å². The lowest BCUT2D eigenvalue weighted by molar-refractivity contribution is -0.152. The van der Waals surface area contributed by atoms with Crippen LogP contribution >= 0.6 is 0 Å². The van der Waals surface area contributed by atoms with Gasteiger partial charge < -0.3 is 20.0 Å². The van der Waals surface area contributed by atoms with Gasteiger partial charge in [-0.3, -0.25) is 4.79 Å². The first-order valence-electron chi connectivity index (χ1n) is 6.81. The Hall–Kier alpha value is -1.30. The predicted octanol–water partition coefficient (Wildman–Crippen LogP) is 0.997. The molecule has 0 saturated carbocycles. The van der Waals surface area contributed by atoms with Crippen LogP contribution in [0.4, 0.5) is 4.79 Å². The normalized spacial score (nSPS) is 23.2. The van der Waals surface area contributed by atoms with E-state index in [1.807, 2.05) is 6.92 Å². The smallest absolute Gasteiger partial charge is 0.319 e. The summed E-state index contributed by atoms with van der Waals surface area (Å²) < 4.78 is 0. The zero-order valence-corrected chi connectivity index (χ0v) is 11.8. The van der Waals surface area contributed by atoms with Gasteiger partial charge in [0.1, 0.15) is 0 Å².